The lowest BCUT2D eigenvalue weighted by atomic mass is 9.84. The Morgan fingerprint density at radius 3 is 2.63 bits per heavy atom. The molecule has 1 aromatic rings. The average Bonchev–Trinajstić information content (AvgIpc) is 3.06. The van der Waals surface area contributed by atoms with Crippen molar-refractivity contribution in [1.82, 2.24) is 5.32 Å². The molecule has 0 bridgehead atoms. The van der Waals surface area contributed by atoms with Gasteiger partial charge in [-0.25, -0.2) is 0 Å². The van der Waals surface area contributed by atoms with E-state index in [1.54, 1.807) is 11.3 Å². The number of hydrogen-bond acceptors (Lipinski definition) is 3. The standard InChI is InChI=1S/C15H24N2OS/c1-11(2)13(12-6-5-9-19-12)17-14(18)15(10-16)7-3-4-8-15/h5-6,9,11,13H,3-4,7-8,10,16H2,1-2H3,(H,17,18). The molecule has 0 radical (unpaired) electrons. The molecule has 2 rings (SSSR count). The quantitative estimate of drug-likeness (QED) is 0.871. The predicted octanol–water partition coefficient (Wildman–Crippen LogP) is 3.08. The van der Waals surface area contributed by atoms with E-state index in [1.807, 2.05) is 6.07 Å². The molecule has 1 aliphatic rings. The molecular formula is C15H24N2OS. The Morgan fingerprint density at radius 1 is 1.47 bits per heavy atom. The summed E-state index contributed by atoms with van der Waals surface area (Å²) in [4.78, 5) is 13.9. The molecule has 1 unspecified atom stereocenters. The zero-order valence-electron chi connectivity index (χ0n) is 11.8. The summed E-state index contributed by atoms with van der Waals surface area (Å²) in [7, 11) is 0. The average molecular weight is 280 g/mol. The number of nitrogens with one attached hydrogen (secondary N) is 1. The largest absolute Gasteiger partial charge is 0.348 e. The van der Waals surface area contributed by atoms with E-state index in [9.17, 15) is 4.79 Å². The number of amides is 1. The molecule has 1 aliphatic carbocycles. The van der Waals surface area contributed by atoms with E-state index in [0.717, 1.165) is 25.7 Å². The van der Waals surface area contributed by atoms with Gasteiger partial charge in [-0.05, 0) is 30.2 Å². The third kappa shape index (κ3) is 3.00. The van der Waals surface area contributed by atoms with Crippen molar-refractivity contribution in [2.75, 3.05) is 6.54 Å². The molecule has 0 saturated heterocycles. The maximum absolute atomic E-state index is 12.6. The van der Waals surface area contributed by atoms with Crippen LogP contribution in [0.5, 0.6) is 0 Å². The van der Waals surface area contributed by atoms with Crippen LogP contribution < -0.4 is 11.1 Å². The molecule has 3 nitrogen and oxygen atoms in total. The van der Waals surface area contributed by atoms with E-state index in [4.69, 9.17) is 5.73 Å². The van der Waals surface area contributed by atoms with E-state index in [-0.39, 0.29) is 17.4 Å². The highest BCUT2D eigenvalue weighted by molar-refractivity contribution is 7.10. The smallest absolute Gasteiger partial charge is 0.228 e. The Kier molecular flexibility index (Phi) is 4.63. The fraction of sp³-hybridized carbons (Fsp3) is 0.667. The monoisotopic (exact) mass is 280 g/mol. The Balaban J connectivity index is 2.11. The van der Waals surface area contributed by atoms with Gasteiger partial charge in [0.2, 0.25) is 5.91 Å². The van der Waals surface area contributed by atoms with Crippen molar-refractivity contribution < 1.29 is 4.79 Å². The van der Waals surface area contributed by atoms with E-state index >= 15 is 0 Å². The van der Waals surface area contributed by atoms with Gasteiger partial charge in [-0.15, -0.1) is 11.3 Å². The second kappa shape index (κ2) is 6.06. The lowest BCUT2D eigenvalue weighted by Gasteiger charge is -2.30. The van der Waals surface area contributed by atoms with Crippen LogP contribution in [0.2, 0.25) is 0 Å². The first kappa shape index (κ1) is 14.5. The zero-order chi connectivity index (χ0) is 13.9. The van der Waals surface area contributed by atoms with Gasteiger partial charge in [-0.1, -0.05) is 32.8 Å². The number of rotatable bonds is 5. The molecule has 1 aromatic heterocycles. The Bertz CT molecular complexity index is 408. The second-order valence-electron chi connectivity index (χ2n) is 5.90. The van der Waals surface area contributed by atoms with Crippen molar-refractivity contribution in [3.8, 4) is 0 Å². The first-order chi connectivity index (χ1) is 9.09. The van der Waals surface area contributed by atoms with Gasteiger partial charge in [-0.3, -0.25) is 4.79 Å². The van der Waals surface area contributed by atoms with Gasteiger partial charge in [0.25, 0.3) is 0 Å². The van der Waals surface area contributed by atoms with Crippen LogP contribution in [-0.4, -0.2) is 12.5 Å². The molecule has 19 heavy (non-hydrogen) atoms. The molecule has 3 N–H and O–H groups in total. The molecule has 106 valence electrons. The number of carbonyl (C=O) groups excluding carboxylic acids is 1. The minimum Gasteiger partial charge on any atom is -0.348 e. The van der Waals surface area contributed by atoms with Crippen LogP contribution in [0.15, 0.2) is 17.5 Å². The lowest BCUT2D eigenvalue weighted by molar-refractivity contribution is -0.131. The molecule has 1 saturated carbocycles. The topological polar surface area (TPSA) is 55.1 Å². The molecular weight excluding hydrogens is 256 g/mol. The van der Waals surface area contributed by atoms with Crippen molar-refractivity contribution in [2.24, 2.45) is 17.1 Å². The van der Waals surface area contributed by atoms with Crippen molar-refractivity contribution in [1.29, 1.82) is 0 Å². The van der Waals surface area contributed by atoms with Gasteiger partial charge in [0.05, 0.1) is 11.5 Å². The summed E-state index contributed by atoms with van der Waals surface area (Å²) >= 11 is 1.70. The van der Waals surface area contributed by atoms with Crippen LogP contribution in [0.4, 0.5) is 0 Å². The van der Waals surface area contributed by atoms with Crippen LogP contribution in [0, 0.1) is 11.3 Å². The maximum atomic E-state index is 12.6. The molecule has 4 heteroatoms. The van der Waals surface area contributed by atoms with Gasteiger partial charge in [-0.2, -0.15) is 0 Å². The summed E-state index contributed by atoms with van der Waals surface area (Å²) in [6.07, 6.45) is 4.11. The van der Waals surface area contributed by atoms with Crippen LogP contribution >= 0.6 is 11.3 Å². The maximum Gasteiger partial charge on any atom is 0.228 e. The Labute approximate surface area is 119 Å². The minimum absolute atomic E-state index is 0.108. The lowest BCUT2D eigenvalue weighted by Crippen LogP contribution is -2.46. The van der Waals surface area contributed by atoms with Gasteiger partial charge < -0.3 is 11.1 Å². The van der Waals surface area contributed by atoms with Crippen LogP contribution in [0.3, 0.4) is 0 Å². The summed E-state index contributed by atoms with van der Waals surface area (Å²) in [5.41, 5.74) is 5.57. The van der Waals surface area contributed by atoms with Gasteiger partial charge in [0, 0.05) is 11.4 Å². The van der Waals surface area contributed by atoms with E-state index < -0.39 is 0 Å². The Hall–Kier alpha value is -0.870. The minimum atomic E-state index is -0.315. The number of hydrogen-bond donors (Lipinski definition) is 2. The first-order valence-electron chi connectivity index (χ1n) is 7.13. The normalized spacial score (nSPS) is 19.6. The summed E-state index contributed by atoms with van der Waals surface area (Å²) in [6, 6.07) is 4.24. The predicted molar refractivity (Wildman–Crippen MR) is 80.0 cm³/mol. The van der Waals surface area contributed by atoms with Crippen molar-refractivity contribution in [3.05, 3.63) is 22.4 Å². The third-order valence-electron chi connectivity index (χ3n) is 4.24. The molecule has 1 amide bonds. The highest BCUT2D eigenvalue weighted by Gasteiger charge is 2.40. The fourth-order valence-corrected chi connectivity index (χ4v) is 3.85. The van der Waals surface area contributed by atoms with Crippen LogP contribution in [0.1, 0.15) is 50.4 Å². The molecule has 1 fully saturated rings. The van der Waals surface area contributed by atoms with Crippen LogP contribution in [0.25, 0.3) is 0 Å². The second-order valence-corrected chi connectivity index (χ2v) is 6.88. The molecule has 1 heterocycles. The van der Waals surface area contributed by atoms with Crippen molar-refractivity contribution >= 4 is 17.2 Å². The molecule has 0 aromatic carbocycles. The summed E-state index contributed by atoms with van der Waals surface area (Å²) in [6.45, 7) is 4.76. The zero-order valence-corrected chi connectivity index (χ0v) is 12.6. The summed E-state index contributed by atoms with van der Waals surface area (Å²) in [5.74, 6) is 0.540. The van der Waals surface area contributed by atoms with Gasteiger partial charge in [0.15, 0.2) is 0 Å². The van der Waals surface area contributed by atoms with Crippen LogP contribution in [-0.2, 0) is 4.79 Å². The van der Waals surface area contributed by atoms with E-state index in [0.29, 0.717) is 12.5 Å². The van der Waals surface area contributed by atoms with Gasteiger partial charge >= 0.3 is 0 Å². The SMILES string of the molecule is CC(C)C(NC(=O)C1(CN)CCCC1)c1cccs1. The first-order valence-corrected chi connectivity index (χ1v) is 8.01. The molecule has 0 aliphatic heterocycles. The highest BCUT2D eigenvalue weighted by atomic mass is 32.1. The van der Waals surface area contributed by atoms with E-state index in [1.165, 1.54) is 4.88 Å². The summed E-state index contributed by atoms with van der Waals surface area (Å²) < 4.78 is 0. The van der Waals surface area contributed by atoms with Crippen molar-refractivity contribution in [3.63, 3.8) is 0 Å². The molecule has 0 spiro atoms. The highest BCUT2D eigenvalue weighted by Crippen LogP contribution is 2.38. The number of thiophene rings is 1. The Morgan fingerprint density at radius 2 is 2.16 bits per heavy atom. The number of nitrogens with two attached hydrogens (primary N) is 1. The van der Waals surface area contributed by atoms with Crippen molar-refractivity contribution in [2.45, 2.75) is 45.6 Å². The van der Waals surface area contributed by atoms with Gasteiger partial charge in [0.1, 0.15) is 0 Å². The number of carbonyl (C=O) groups is 1. The van der Waals surface area contributed by atoms with E-state index in [2.05, 4.69) is 30.6 Å². The summed E-state index contributed by atoms with van der Waals surface area (Å²) in [5, 5.41) is 5.30. The molecule has 1 atom stereocenters. The fourth-order valence-electron chi connectivity index (χ4n) is 2.90. The third-order valence-corrected chi connectivity index (χ3v) is 5.19.